The summed E-state index contributed by atoms with van der Waals surface area (Å²) in [6, 6.07) is 10.3. The van der Waals surface area contributed by atoms with Gasteiger partial charge < -0.3 is 15.1 Å². The van der Waals surface area contributed by atoms with Crippen molar-refractivity contribution < 1.29 is 0 Å². The van der Waals surface area contributed by atoms with Gasteiger partial charge in [0.15, 0.2) is 0 Å². The predicted molar refractivity (Wildman–Crippen MR) is 85.2 cm³/mol. The molecule has 1 heterocycles. The van der Waals surface area contributed by atoms with E-state index >= 15 is 0 Å². The second-order valence-electron chi connectivity index (χ2n) is 6.44. The maximum atomic E-state index is 3.65. The highest BCUT2D eigenvalue weighted by molar-refractivity contribution is 5.54. The fraction of sp³-hybridized carbons (Fsp3) is 0.647. The predicted octanol–water partition coefficient (Wildman–Crippen LogP) is 2.47. The van der Waals surface area contributed by atoms with Gasteiger partial charge >= 0.3 is 0 Å². The quantitative estimate of drug-likeness (QED) is 0.909. The number of para-hydroxylation sites is 1. The summed E-state index contributed by atoms with van der Waals surface area (Å²) in [7, 11) is 2.24. The van der Waals surface area contributed by atoms with E-state index in [2.05, 4.69) is 53.4 Å². The molecule has 1 unspecified atom stereocenters. The van der Waals surface area contributed by atoms with Gasteiger partial charge in [0.05, 0.1) is 0 Å². The molecule has 3 nitrogen and oxygen atoms in total. The van der Waals surface area contributed by atoms with E-state index in [0.717, 1.165) is 19.1 Å². The second-order valence-corrected chi connectivity index (χ2v) is 6.44. The van der Waals surface area contributed by atoms with Crippen molar-refractivity contribution in [2.45, 2.75) is 44.8 Å². The highest BCUT2D eigenvalue weighted by Gasteiger charge is 2.23. The Morgan fingerprint density at radius 3 is 2.80 bits per heavy atom. The molecule has 1 saturated heterocycles. The normalized spacial score (nSPS) is 24.7. The number of hydrogen-bond donors (Lipinski definition) is 1. The van der Waals surface area contributed by atoms with Crippen LogP contribution in [0.1, 0.15) is 31.7 Å². The minimum atomic E-state index is 0.588. The van der Waals surface area contributed by atoms with Crippen LogP contribution in [0.5, 0.6) is 0 Å². The first-order valence-electron chi connectivity index (χ1n) is 8.00. The minimum Gasteiger partial charge on any atom is -0.367 e. The number of rotatable bonds is 4. The van der Waals surface area contributed by atoms with Crippen LogP contribution in [0.4, 0.5) is 5.69 Å². The Morgan fingerprint density at radius 2 is 2.00 bits per heavy atom. The van der Waals surface area contributed by atoms with Gasteiger partial charge in [0.2, 0.25) is 0 Å². The lowest BCUT2D eigenvalue weighted by Gasteiger charge is -2.32. The molecule has 1 aromatic carbocycles. The lowest BCUT2D eigenvalue weighted by molar-refractivity contribution is 0.337. The molecule has 1 aliphatic heterocycles. The van der Waals surface area contributed by atoms with Crippen molar-refractivity contribution in [3.63, 3.8) is 0 Å². The fourth-order valence-corrected chi connectivity index (χ4v) is 3.21. The third kappa shape index (κ3) is 3.33. The maximum Gasteiger partial charge on any atom is 0.0414 e. The average Bonchev–Trinajstić information content (AvgIpc) is 3.26. The number of likely N-dealkylation sites (N-methyl/N-ethyl adjacent to an activating group) is 1. The molecule has 0 amide bonds. The Labute approximate surface area is 123 Å². The van der Waals surface area contributed by atoms with Gasteiger partial charge in [0.1, 0.15) is 0 Å². The molecular weight excluding hydrogens is 246 g/mol. The van der Waals surface area contributed by atoms with Crippen molar-refractivity contribution in [3.8, 4) is 0 Å². The van der Waals surface area contributed by atoms with Gasteiger partial charge in [-0.15, -0.1) is 0 Å². The first-order valence-corrected chi connectivity index (χ1v) is 8.00. The van der Waals surface area contributed by atoms with Crippen LogP contribution in [0, 0.1) is 0 Å². The molecule has 1 aromatic rings. The second kappa shape index (κ2) is 6.15. The Kier molecular flexibility index (Phi) is 4.27. The van der Waals surface area contributed by atoms with Crippen LogP contribution in [0.15, 0.2) is 24.3 Å². The van der Waals surface area contributed by atoms with E-state index in [1.807, 2.05) is 0 Å². The molecule has 3 rings (SSSR count). The Hall–Kier alpha value is -1.06. The van der Waals surface area contributed by atoms with Crippen molar-refractivity contribution in [1.82, 2.24) is 10.2 Å². The molecule has 110 valence electrons. The molecule has 0 radical (unpaired) electrons. The van der Waals surface area contributed by atoms with Crippen LogP contribution in [0.3, 0.4) is 0 Å². The first-order chi connectivity index (χ1) is 9.74. The van der Waals surface area contributed by atoms with Gasteiger partial charge in [-0.25, -0.2) is 0 Å². The third-order valence-corrected chi connectivity index (χ3v) is 4.51. The molecule has 0 spiro atoms. The Morgan fingerprint density at radius 1 is 1.20 bits per heavy atom. The lowest BCUT2D eigenvalue weighted by atomic mass is 10.1. The summed E-state index contributed by atoms with van der Waals surface area (Å²) in [6.45, 7) is 6.91. The fourth-order valence-electron chi connectivity index (χ4n) is 3.21. The van der Waals surface area contributed by atoms with E-state index in [4.69, 9.17) is 0 Å². The first kappa shape index (κ1) is 13.9. The van der Waals surface area contributed by atoms with E-state index in [1.165, 1.54) is 43.6 Å². The minimum absolute atomic E-state index is 0.588. The molecule has 2 aliphatic rings. The smallest absolute Gasteiger partial charge is 0.0414 e. The summed E-state index contributed by atoms with van der Waals surface area (Å²) in [5.41, 5.74) is 2.89. The van der Waals surface area contributed by atoms with E-state index in [1.54, 1.807) is 0 Å². The van der Waals surface area contributed by atoms with Crippen LogP contribution >= 0.6 is 0 Å². The van der Waals surface area contributed by atoms with Crippen LogP contribution in [-0.2, 0) is 6.54 Å². The average molecular weight is 273 g/mol. The number of anilines is 1. The molecule has 2 fully saturated rings. The SMILES string of the molecule is CC1CN(C)CCCN1c1ccccc1CNC1CC1. The summed E-state index contributed by atoms with van der Waals surface area (Å²) >= 11 is 0. The van der Waals surface area contributed by atoms with Crippen molar-refractivity contribution in [1.29, 1.82) is 0 Å². The van der Waals surface area contributed by atoms with Crippen molar-refractivity contribution in [2.24, 2.45) is 0 Å². The summed E-state index contributed by atoms with van der Waals surface area (Å²) < 4.78 is 0. The van der Waals surface area contributed by atoms with Crippen LogP contribution in [0.2, 0.25) is 0 Å². The number of nitrogens with one attached hydrogen (secondary N) is 1. The standard InChI is InChI=1S/C17H27N3/c1-14-13-19(2)10-5-11-20(14)17-7-4-3-6-15(17)12-18-16-8-9-16/h3-4,6-7,14,16,18H,5,8-13H2,1-2H3. The van der Waals surface area contributed by atoms with E-state index in [-0.39, 0.29) is 0 Å². The molecule has 1 atom stereocenters. The third-order valence-electron chi connectivity index (χ3n) is 4.51. The van der Waals surface area contributed by atoms with Crippen molar-refractivity contribution in [2.75, 3.05) is 31.6 Å². The van der Waals surface area contributed by atoms with Crippen LogP contribution in [0.25, 0.3) is 0 Å². The number of benzene rings is 1. The molecule has 0 aromatic heterocycles. The molecule has 0 bridgehead atoms. The lowest BCUT2D eigenvalue weighted by Crippen LogP contribution is -2.38. The summed E-state index contributed by atoms with van der Waals surface area (Å²) in [4.78, 5) is 5.06. The molecule has 1 aliphatic carbocycles. The van der Waals surface area contributed by atoms with Gasteiger partial charge in [0.25, 0.3) is 0 Å². The Balaban J connectivity index is 1.76. The topological polar surface area (TPSA) is 18.5 Å². The van der Waals surface area contributed by atoms with Gasteiger partial charge in [-0.3, -0.25) is 0 Å². The number of nitrogens with zero attached hydrogens (tertiary/aromatic N) is 2. The highest BCUT2D eigenvalue weighted by Crippen LogP contribution is 2.26. The zero-order valence-electron chi connectivity index (χ0n) is 12.8. The van der Waals surface area contributed by atoms with Crippen molar-refractivity contribution in [3.05, 3.63) is 29.8 Å². The summed E-state index contributed by atoms with van der Waals surface area (Å²) in [5, 5.41) is 3.65. The van der Waals surface area contributed by atoms with Crippen molar-refractivity contribution >= 4 is 5.69 Å². The molecule has 1 N–H and O–H groups in total. The van der Waals surface area contributed by atoms with Gasteiger partial charge in [-0.1, -0.05) is 18.2 Å². The molecule has 1 saturated carbocycles. The Bertz CT molecular complexity index is 442. The summed E-state index contributed by atoms with van der Waals surface area (Å²) in [5.74, 6) is 0. The molecular formula is C17H27N3. The highest BCUT2D eigenvalue weighted by atomic mass is 15.2. The van der Waals surface area contributed by atoms with Crippen LogP contribution in [-0.4, -0.2) is 43.7 Å². The number of hydrogen-bond acceptors (Lipinski definition) is 3. The van der Waals surface area contributed by atoms with Gasteiger partial charge in [0, 0.05) is 37.4 Å². The van der Waals surface area contributed by atoms with Gasteiger partial charge in [-0.05, 0) is 51.4 Å². The zero-order valence-corrected chi connectivity index (χ0v) is 12.8. The summed E-state index contributed by atoms with van der Waals surface area (Å²) in [6.07, 6.45) is 3.96. The van der Waals surface area contributed by atoms with Crippen LogP contribution < -0.4 is 10.2 Å². The van der Waals surface area contributed by atoms with E-state index < -0.39 is 0 Å². The van der Waals surface area contributed by atoms with Gasteiger partial charge in [-0.2, -0.15) is 0 Å². The largest absolute Gasteiger partial charge is 0.367 e. The molecule has 20 heavy (non-hydrogen) atoms. The molecule has 3 heteroatoms. The zero-order chi connectivity index (χ0) is 13.9. The van der Waals surface area contributed by atoms with E-state index in [0.29, 0.717) is 6.04 Å². The van der Waals surface area contributed by atoms with E-state index in [9.17, 15) is 0 Å². The monoisotopic (exact) mass is 273 g/mol. The maximum absolute atomic E-state index is 3.65.